The molecule has 13 heavy (non-hydrogen) atoms. The number of piperidine rings is 1. The zero-order chi connectivity index (χ0) is 9.31. The fourth-order valence-electron chi connectivity index (χ4n) is 2.32. The van der Waals surface area contributed by atoms with Crippen molar-refractivity contribution in [2.75, 3.05) is 13.1 Å². The minimum atomic E-state index is -0.592. The Morgan fingerprint density at radius 1 is 1.46 bits per heavy atom. The van der Waals surface area contributed by atoms with Gasteiger partial charge in [0, 0.05) is 12.6 Å². The first-order chi connectivity index (χ1) is 6.23. The predicted molar refractivity (Wildman–Crippen MR) is 52.6 cm³/mol. The molecule has 1 fully saturated rings. The molecular weight excluding hydrogens is 164 g/mol. The third-order valence-electron chi connectivity index (χ3n) is 3.28. The minimum Gasteiger partial charge on any atom is -0.386 e. The van der Waals surface area contributed by atoms with E-state index in [1.807, 2.05) is 0 Å². The van der Waals surface area contributed by atoms with Crippen molar-refractivity contribution in [2.45, 2.75) is 37.5 Å². The molecule has 0 aliphatic carbocycles. The lowest BCUT2D eigenvalue weighted by Crippen LogP contribution is -2.62. The number of rotatable bonds is 1. The van der Waals surface area contributed by atoms with E-state index in [0.29, 0.717) is 0 Å². The molecule has 2 rings (SSSR count). The Labute approximate surface area is 79.2 Å². The molecule has 0 radical (unpaired) electrons. The summed E-state index contributed by atoms with van der Waals surface area (Å²) in [5.74, 6) is 0. The highest BCUT2D eigenvalue weighted by atomic mass is 16.3. The third kappa shape index (κ3) is 1.52. The van der Waals surface area contributed by atoms with E-state index < -0.39 is 5.60 Å². The van der Waals surface area contributed by atoms with E-state index in [1.165, 1.54) is 0 Å². The van der Waals surface area contributed by atoms with Crippen LogP contribution in [0.25, 0.3) is 0 Å². The van der Waals surface area contributed by atoms with Gasteiger partial charge < -0.3 is 15.7 Å². The van der Waals surface area contributed by atoms with Crippen LogP contribution in [0.2, 0.25) is 0 Å². The second-order valence-electron chi connectivity index (χ2n) is 4.08. The highest BCUT2D eigenvalue weighted by Crippen LogP contribution is 2.27. The molecular formula is C10H18N2O. The van der Waals surface area contributed by atoms with E-state index in [1.54, 1.807) is 0 Å². The Hall–Kier alpha value is -0.380. The van der Waals surface area contributed by atoms with Crippen LogP contribution in [0.1, 0.15) is 19.8 Å². The van der Waals surface area contributed by atoms with E-state index in [-0.39, 0.29) is 12.1 Å². The van der Waals surface area contributed by atoms with Gasteiger partial charge in [0.2, 0.25) is 0 Å². The van der Waals surface area contributed by atoms with Crippen LogP contribution in [-0.4, -0.2) is 35.9 Å². The SMILES string of the molecule is CC1NCCCC1(O)C1C=CCN1. The van der Waals surface area contributed by atoms with Gasteiger partial charge in [0.15, 0.2) is 0 Å². The van der Waals surface area contributed by atoms with Gasteiger partial charge in [0.1, 0.15) is 0 Å². The molecule has 0 aromatic heterocycles. The molecule has 0 amide bonds. The summed E-state index contributed by atoms with van der Waals surface area (Å²) in [6.45, 7) is 3.98. The molecule has 0 bridgehead atoms. The molecule has 2 aliphatic rings. The summed E-state index contributed by atoms with van der Waals surface area (Å²) in [4.78, 5) is 0. The molecule has 74 valence electrons. The lowest BCUT2D eigenvalue weighted by Gasteiger charge is -2.42. The summed E-state index contributed by atoms with van der Waals surface area (Å²) in [5, 5.41) is 17.1. The van der Waals surface area contributed by atoms with E-state index in [4.69, 9.17) is 0 Å². The van der Waals surface area contributed by atoms with Crippen LogP contribution in [0.3, 0.4) is 0 Å². The predicted octanol–water partition coefficient (Wildman–Crippen LogP) is 0.0174. The van der Waals surface area contributed by atoms with Gasteiger partial charge in [-0.15, -0.1) is 0 Å². The van der Waals surface area contributed by atoms with Crippen LogP contribution < -0.4 is 10.6 Å². The summed E-state index contributed by atoms with van der Waals surface area (Å²) < 4.78 is 0. The van der Waals surface area contributed by atoms with Crippen molar-refractivity contribution in [1.82, 2.24) is 10.6 Å². The number of aliphatic hydroxyl groups is 1. The zero-order valence-corrected chi connectivity index (χ0v) is 8.09. The first-order valence-corrected chi connectivity index (χ1v) is 5.09. The molecule has 3 nitrogen and oxygen atoms in total. The van der Waals surface area contributed by atoms with Crippen LogP contribution in [-0.2, 0) is 0 Å². The molecule has 0 saturated carbocycles. The quantitative estimate of drug-likeness (QED) is 0.501. The highest BCUT2D eigenvalue weighted by molar-refractivity contribution is 5.14. The Kier molecular flexibility index (Phi) is 2.41. The average Bonchev–Trinajstić information content (AvgIpc) is 2.63. The Morgan fingerprint density at radius 3 is 2.92 bits per heavy atom. The largest absolute Gasteiger partial charge is 0.386 e. The summed E-state index contributed by atoms with van der Waals surface area (Å²) in [6.07, 6.45) is 6.13. The Bertz CT molecular complexity index is 217. The fraction of sp³-hybridized carbons (Fsp3) is 0.800. The second kappa shape index (κ2) is 3.40. The lowest BCUT2D eigenvalue weighted by atomic mass is 9.81. The Morgan fingerprint density at radius 2 is 2.31 bits per heavy atom. The van der Waals surface area contributed by atoms with Crippen molar-refractivity contribution in [3.63, 3.8) is 0 Å². The monoisotopic (exact) mass is 182 g/mol. The van der Waals surface area contributed by atoms with Gasteiger partial charge in [-0.25, -0.2) is 0 Å². The van der Waals surface area contributed by atoms with Crippen LogP contribution in [0.5, 0.6) is 0 Å². The normalized spacial score (nSPS) is 45.4. The van der Waals surface area contributed by atoms with Crippen LogP contribution in [0.4, 0.5) is 0 Å². The molecule has 3 unspecified atom stereocenters. The first kappa shape index (κ1) is 9.19. The van der Waals surface area contributed by atoms with Crippen molar-refractivity contribution < 1.29 is 5.11 Å². The molecule has 2 aliphatic heterocycles. The van der Waals surface area contributed by atoms with Crippen molar-refractivity contribution in [3.8, 4) is 0 Å². The number of hydrogen-bond acceptors (Lipinski definition) is 3. The lowest BCUT2D eigenvalue weighted by molar-refractivity contribution is -0.0340. The summed E-state index contributed by atoms with van der Waals surface area (Å²) in [6, 6.07) is 0.316. The molecule has 2 heterocycles. The molecule has 0 aromatic rings. The van der Waals surface area contributed by atoms with Crippen molar-refractivity contribution in [1.29, 1.82) is 0 Å². The van der Waals surface area contributed by atoms with E-state index in [0.717, 1.165) is 25.9 Å². The standard InChI is InChI=1S/C10H18N2O/c1-8-10(13,5-3-7-11-8)9-4-2-6-12-9/h2,4,8-9,11-13H,3,5-7H2,1H3. The smallest absolute Gasteiger partial charge is 0.0985 e. The Balaban J connectivity index is 2.11. The summed E-state index contributed by atoms with van der Waals surface area (Å²) >= 11 is 0. The maximum absolute atomic E-state index is 10.5. The van der Waals surface area contributed by atoms with Crippen LogP contribution in [0, 0.1) is 0 Å². The van der Waals surface area contributed by atoms with Gasteiger partial charge in [-0.3, -0.25) is 0 Å². The number of hydrogen-bond donors (Lipinski definition) is 3. The van der Waals surface area contributed by atoms with Crippen molar-refractivity contribution >= 4 is 0 Å². The van der Waals surface area contributed by atoms with Crippen LogP contribution in [0.15, 0.2) is 12.2 Å². The minimum absolute atomic E-state index is 0.135. The summed E-state index contributed by atoms with van der Waals surface area (Å²) in [5.41, 5.74) is -0.592. The average molecular weight is 182 g/mol. The van der Waals surface area contributed by atoms with E-state index >= 15 is 0 Å². The van der Waals surface area contributed by atoms with Gasteiger partial charge in [-0.05, 0) is 26.3 Å². The van der Waals surface area contributed by atoms with Crippen molar-refractivity contribution in [2.24, 2.45) is 0 Å². The molecule has 0 spiro atoms. The third-order valence-corrected chi connectivity index (χ3v) is 3.28. The maximum Gasteiger partial charge on any atom is 0.0985 e. The van der Waals surface area contributed by atoms with Crippen molar-refractivity contribution in [3.05, 3.63) is 12.2 Å². The van der Waals surface area contributed by atoms with E-state index in [2.05, 4.69) is 29.7 Å². The maximum atomic E-state index is 10.5. The van der Waals surface area contributed by atoms with Gasteiger partial charge >= 0.3 is 0 Å². The molecule has 3 atom stereocenters. The van der Waals surface area contributed by atoms with Crippen LogP contribution >= 0.6 is 0 Å². The number of nitrogens with one attached hydrogen (secondary N) is 2. The molecule has 3 N–H and O–H groups in total. The van der Waals surface area contributed by atoms with Gasteiger partial charge in [-0.1, -0.05) is 12.2 Å². The molecule has 1 saturated heterocycles. The van der Waals surface area contributed by atoms with Gasteiger partial charge in [0.25, 0.3) is 0 Å². The second-order valence-corrected chi connectivity index (χ2v) is 4.08. The molecule has 3 heteroatoms. The highest BCUT2D eigenvalue weighted by Gasteiger charge is 2.42. The topological polar surface area (TPSA) is 44.3 Å². The van der Waals surface area contributed by atoms with Gasteiger partial charge in [0.05, 0.1) is 11.6 Å². The summed E-state index contributed by atoms with van der Waals surface area (Å²) in [7, 11) is 0. The first-order valence-electron chi connectivity index (χ1n) is 5.09. The van der Waals surface area contributed by atoms with E-state index in [9.17, 15) is 5.11 Å². The van der Waals surface area contributed by atoms with Gasteiger partial charge in [-0.2, -0.15) is 0 Å². The zero-order valence-electron chi connectivity index (χ0n) is 8.09. The fourth-order valence-corrected chi connectivity index (χ4v) is 2.32. The molecule has 0 aromatic carbocycles.